The first-order valence-corrected chi connectivity index (χ1v) is 6.34. The van der Waals surface area contributed by atoms with Crippen LogP contribution in [0, 0.1) is 0 Å². The summed E-state index contributed by atoms with van der Waals surface area (Å²) < 4.78 is 23.9. The summed E-state index contributed by atoms with van der Waals surface area (Å²) in [5.41, 5.74) is 5.71. The lowest BCUT2D eigenvalue weighted by molar-refractivity contribution is -0.149. The molecule has 0 bridgehead atoms. The maximum absolute atomic E-state index is 13.8. The van der Waals surface area contributed by atoms with Crippen molar-refractivity contribution in [1.82, 2.24) is 0 Å². The van der Waals surface area contributed by atoms with Gasteiger partial charge in [-0.05, 0) is 19.1 Å². The number of phenolic OH excluding ortho intramolecular Hbond substituents is 1. The summed E-state index contributed by atoms with van der Waals surface area (Å²) in [5, 5.41) is 9.90. The van der Waals surface area contributed by atoms with Crippen molar-refractivity contribution in [1.29, 1.82) is 0 Å². The van der Waals surface area contributed by atoms with Gasteiger partial charge >= 0.3 is 5.97 Å². The first-order valence-electron chi connectivity index (χ1n) is 5.55. The van der Waals surface area contributed by atoms with E-state index >= 15 is 0 Å². The molecule has 3 N–H and O–H groups in total. The first-order chi connectivity index (χ1) is 8.92. The van der Waals surface area contributed by atoms with Crippen molar-refractivity contribution >= 4 is 34.3 Å². The number of aromatic hydroxyl groups is 1. The van der Waals surface area contributed by atoms with Gasteiger partial charge in [0.2, 0.25) is 6.17 Å². The average molecular weight is 373 g/mol. The van der Waals surface area contributed by atoms with Crippen LogP contribution in [0.5, 0.6) is 11.5 Å². The molecule has 2 atom stereocenters. The number of carbonyl (C=O) groups excluding carboxylic acids is 1. The molecule has 0 radical (unpaired) electrons. The Morgan fingerprint density at radius 1 is 1.55 bits per heavy atom. The monoisotopic (exact) mass is 371 g/mol. The number of esters is 1. The molecule has 1 aromatic rings. The highest BCUT2D eigenvalue weighted by atomic mass is 79.9. The third-order valence-electron chi connectivity index (χ3n) is 2.48. The standard InChI is InChI=1S/C12H15BrFNO4.ClH/c1-3-19-12(17)9(14)10(15)7-4-6(13)5-8(18-2)11(7)16;/h4-5,9-10,16H,3,15H2,1-2H3;1H/t9?,10-;/m0./s1. The van der Waals surface area contributed by atoms with Gasteiger partial charge in [-0.25, -0.2) is 9.18 Å². The number of methoxy groups -OCH3 is 1. The van der Waals surface area contributed by atoms with Gasteiger partial charge in [0, 0.05) is 10.0 Å². The number of benzene rings is 1. The molecule has 1 rings (SSSR count). The van der Waals surface area contributed by atoms with E-state index in [-0.39, 0.29) is 36.1 Å². The molecule has 0 amide bonds. The summed E-state index contributed by atoms with van der Waals surface area (Å²) >= 11 is 3.19. The van der Waals surface area contributed by atoms with Crippen LogP contribution in [0.3, 0.4) is 0 Å². The van der Waals surface area contributed by atoms with Crippen molar-refractivity contribution in [2.75, 3.05) is 13.7 Å². The largest absolute Gasteiger partial charge is 0.504 e. The lowest BCUT2D eigenvalue weighted by Gasteiger charge is -2.18. The summed E-state index contributed by atoms with van der Waals surface area (Å²) in [5.74, 6) is -1.23. The van der Waals surface area contributed by atoms with Gasteiger partial charge in [-0.1, -0.05) is 15.9 Å². The van der Waals surface area contributed by atoms with Crippen LogP contribution in [0.4, 0.5) is 4.39 Å². The topological polar surface area (TPSA) is 81.8 Å². The Labute approximate surface area is 130 Å². The van der Waals surface area contributed by atoms with Crippen LogP contribution in [0.15, 0.2) is 16.6 Å². The fourth-order valence-electron chi connectivity index (χ4n) is 1.53. The van der Waals surface area contributed by atoms with Gasteiger partial charge in [0.05, 0.1) is 19.8 Å². The van der Waals surface area contributed by atoms with Crippen molar-refractivity contribution in [3.8, 4) is 11.5 Å². The van der Waals surface area contributed by atoms with Crippen LogP contribution in [0.25, 0.3) is 0 Å². The predicted octanol–water partition coefficient (Wildman–Crippen LogP) is 2.49. The van der Waals surface area contributed by atoms with Gasteiger partial charge in [-0.2, -0.15) is 0 Å². The highest BCUT2D eigenvalue weighted by Crippen LogP contribution is 2.37. The minimum atomic E-state index is -2.06. The molecule has 1 unspecified atom stereocenters. The lowest BCUT2D eigenvalue weighted by atomic mass is 10.0. The van der Waals surface area contributed by atoms with Crippen LogP contribution in [0.1, 0.15) is 18.5 Å². The second-order valence-corrected chi connectivity index (χ2v) is 4.64. The van der Waals surface area contributed by atoms with Gasteiger partial charge in [-0.3, -0.25) is 0 Å². The van der Waals surface area contributed by atoms with Crippen molar-refractivity contribution in [3.63, 3.8) is 0 Å². The number of hydrogen-bond donors (Lipinski definition) is 2. The Morgan fingerprint density at radius 3 is 2.65 bits per heavy atom. The Balaban J connectivity index is 0.00000361. The second kappa shape index (κ2) is 8.28. The Morgan fingerprint density at radius 2 is 2.15 bits per heavy atom. The molecule has 0 aromatic heterocycles. The molecule has 0 aliphatic rings. The molecule has 5 nitrogen and oxygen atoms in total. The van der Waals surface area contributed by atoms with Crippen molar-refractivity contribution in [3.05, 3.63) is 22.2 Å². The molecule has 0 spiro atoms. The van der Waals surface area contributed by atoms with E-state index in [1.807, 2.05) is 0 Å². The second-order valence-electron chi connectivity index (χ2n) is 3.73. The van der Waals surface area contributed by atoms with E-state index < -0.39 is 18.2 Å². The SMILES string of the molecule is CCOC(=O)C(F)[C@@H](N)c1cc(Br)cc(OC)c1O.Cl. The smallest absolute Gasteiger partial charge is 0.342 e. The van der Waals surface area contributed by atoms with E-state index in [0.29, 0.717) is 4.47 Å². The average Bonchev–Trinajstić information content (AvgIpc) is 2.39. The number of alkyl halides is 1. The number of hydrogen-bond acceptors (Lipinski definition) is 5. The van der Waals surface area contributed by atoms with Crippen LogP contribution in [0.2, 0.25) is 0 Å². The number of phenols is 1. The molecule has 0 fully saturated rings. The van der Waals surface area contributed by atoms with E-state index in [9.17, 15) is 14.3 Å². The van der Waals surface area contributed by atoms with Crippen LogP contribution in [-0.4, -0.2) is 31.0 Å². The predicted molar refractivity (Wildman–Crippen MR) is 78.1 cm³/mol. The summed E-state index contributed by atoms with van der Waals surface area (Å²) in [4.78, 5) is 11.3. The highest BCUT2D eigenvalue weighted by molar-refractivity contribution is 9.10. The molecule has 114 valence electrons. The zero-order valence-corrected chi connectivity index (χ0v) is 13.3. The first kappa shape index (κ1) is 18.9. The van der Waals surface area contributed by atoms with Gasteiger partial charge in [-0.15, -0.1) is 12.4 Å². The zero-order valence-electron chi connectivity index (χ0n) is 10.9. The maximum atomic E-state index is 13.8. The van der Waals surface area contributed by atoms with Crippen molar-refractivity contribution in [2.45, 2.75) is 19.1 Å². The maximum Gasteiger partial charge on any atom is 0.342 e. The number of carbonyl (C=O) groups is 1. The quantitative estimate of drug-likeness (QED) is 0.776. The third-order valence-corrected chi connectivity index (χ3v) is 2.93. The fourth-order valence-corrected chi connectivity index (χ4v) is 1.98. The van der Waals surface area contributed by atoms with Gasteiger partial charge in [0.1, 0.15) is 0 Å². The number of nitrogens with two attached hydrogens (primary N) is 1. The molecule has 1 aromatic carbocycles. The van der Waals surface area contributed by atoms with Gasteiger partial charge in [0.15, 0.2) is 11.5 Å². The van der Waals surface area contributed by atoms with E-state index in [4.69, 9.17) is 10.5 Å². The van der Waals surface area contributed by atoms with Gasteiger partial charge in [0.25, 0.3) is 0 Å². The van der Waals surface area contributed by atoms with E-state index in [1.54, 1.807) is 6.92 Å². The van der Waals surface area contributed by atoms with Gasteiger partial charge < -0.3 is 20.3 Å². The lowest BCUT2D eigenvalue weighted by Crippen LogP contribution is -2.31. The van der Waals surface area contributed by atoms with E-state index in [2.05, 4.69) is 20.7 Å². The Bertz CT molecular complexity index is 475. The number of halogens is 3. The molecule has 0 saturated carbocycles. The molecule has 20 heavy (non-hydrogen) atoms. The molecular weight excluding hydrogens is 356 g/mol. The summed E-state index contributed by atoms with van der Waals surface area (Å²) in [7, 11) is 1.36. The van der Waals surface area contributed by atoms with Crippen LogP contribution < -0.4 is 10.5 Å². The Hall–Kier alpha value is -1.05. The minimum absolute atomic E-state index is 0. The summed E-state index contributed by atoms with van der Waals surface area (Å²) in [6.07, 6.45) is -2.06. The minimum Gasteiger partial charge on any atom is -0.504 e. The zero-order chi connectivity index (χ0) is 14.6. The Kier molecular flexibility index (Phi) is 7.85. The highest BCUT2D eigenvalue weighted by Gasteiger charge is 2.30. The van der Waals surface area contributed by atoms with E-state index in [0.717, 1.165) is 0 Å². The third kappa shape index (κ3) is 4.22. The molecule has 0 aliphatic carbocycles. The summed E-state index contributed by atoms with van der Waals surface area (Å²) in [6.45, 7) is 1.62. The number of rotatable bonds is 5. The summed E-state index contributed by atoms with van der Waals surface area (Å²) in [6, 6.07) is 1.59. The molecular formula is C12H16BrClFNO4. The molecule has 0 heterocycles. The number of ether oxygens (including phenoxy) is 2. The van der Waals surface area contributed by atoms with Crippen molar-refractivity contribution < 1.29 is 23.8 Å². The molecule has 0 saturated heterocycles. The normalized spacial score (nSPS) is 13.1. The van der Waals surface area contributed by atoms with E-state index in [1.165, 1.54) is 19.2 Å². The van der Waals surface area contributed by atoms with Crippen molar-refractivity contribution in [2.24, 2.45) is 5.73 Å². The molecule has 0 aliphatic heterocycles. The molecule has 8 heteroatoms. The van der Waals surface area contributed by atoms with Crippen LogP contribution in [-0.2, 0) is 9.53 Å². The fraction of sp³-hybridized carbons (Fsp3) is 0.417. The van der Waals surface area contributed by atoms with Crippen LogP contribution >= 0.6 is 28.3 Å².